The van der Waals surface area contributed by atoms with E-state index >= 15 is 0 Å². The lowest BCUT2D eigenvalue weighted by Crippen LogP contribution is -2.34. The molecule has 1 aliphatic rings. The van der Waals surface area contributed by atoms with Gasteiger partial charge in [0.2, 0.25) is 11.7 Å². The van der Waals surface area contributed by atoms with Crippen LogP contribution in [0.3, 0.4) is 0 Å². The van der Waals surface area contributed by atoms with Crippen molar-refractivity contribution < 1.29 is 9.63 Å². The van der Waals surface area contributed by atoms with Crippen molar-refractivity contribution in [3.8, 4) is 0 Å². The second-order valence-corrected chi connectivity index (χ2v) is 4.00. The van der Waals surface area contributed by atoms with Crippen molar-refractivity contribution in [3.05, 3.63) is 11.7 Å². The second kappa shape index (κ2) is 2.80. The van der Waals surface area contributed by atoms with E-state index in [1.807, 2.05) is 13.8 Å². The molecule has 0 saturated heterocycles. The van der Waals surface area contributed by atoms with Gasteiger partial charge < -0.3 is 9.63 Å². The first-order valence-electron chi connectivity index (χ1n) is 4.68. The lowest BCUT2D eigenvalue weighted by atomic mass is 9.80. The van der Waals surface area contributed by atoms with Gasteiger partial charge in [0, 0.05) is 5.92 Å². The molecule has 1 aromatic rings. The highest BCUT2D eigenvalue weighted by atomic mass is 16.5. The minimum Gasteiger partial charge on any atom is -0.382 e. The Morgan fingerprint density at radius 2 is 2.15 bits per heavy atom. The van der Waals surface area contributed by atoms with Crippen LogP contribution < -0.4 is 0 Å². The monoisotopic (exact) mass is 182 g/mol. The van der Waals surface area contributed by atoms with Gasteiger partial charge in [-0.05, 0) is 19.3 Å². The molecule has 0 aromatic carbocycles. The van der Waals surface area contributed by atoms with Crippen LogP contribution in [0.4, 0.5) is 0 Å². The molecule has 72 valence electrons. The molecule has 4 heteroatoms. The number of hydrogen-bond donors (Lipinski definition) is 1. The minimum absolute atomic E-state index is 0.227. The third-order valence-corrected chi connectivity index (χ3v) is 2.53. The third kappa shape index (κ3) is 1.35. The van der Waals surface area contributed by atoms with E-state index in [0.29, 0.717) is 11.7 Å². The fraction of sp³-hybridized carbons (Fsp3) is 0.778. The number of aromatic nitrogens is 2. The van der Waals surface area contributed by atoms with Gasteiger partial charge in [0.05, 0.1) is 0 Å². The molecule has 13 heavy (non-hydrogen) atoms. The van der Waals surface area contributed by atoms with Crippen molar-refractivity contribution in [1.29, 1.82) is 0 Å². The molecule has 1 heterocycles. The van der Waals surface area contributed by atoms with Crippen LogP contribution in [0.5, 0.6) is 0 Å². The molecular formula is C9H14N2O2. The van der Waals surface area contributed by atoms with Gasteiger partial charge in [-0.2, -0.15) is 4.98 Å². The van der Waals surface area contributed by atoms with Crippen LogP contribution in [0.1, 0.15) is 50.7 Å². The molecular weight excluding hydrogens is 168 g/mol. The summed E-state index contributed by atoms with van der Waals surface area (Å²) in [5.74, 6) is 1.29. The quantitative estimate of drug-likeness (QED) is 0.754. The molecule has 1 aromatic heterocycles. The van der Waals surface area contributed by atoms with Crippen molar-refractivity contribution in [2.75, 3.05) is 0 Å². The summed E-state index contributed by atoms with van der Waals surface area (Å²) >= 11 is 0. The van der Waals surface area contributed by atoms with Crippen LogP contribution in [-0.2, 0) is 5.60 Å². The van der Waals surface area contributed by atoms with E-state index in [0.717, 1.165) is 19.3 Å². The number of aliphatic hydroxyl groups is 1. The highest BCUT2D eigenvalue weighted by molar-refractivity contribution is 5.06. The van der Waals surface area contributed by atoms with Crippen molar-refractivity contribution in [3.63, 3.8) is 0 Å². The van der Waals surface area contributed by atoms with E-state index in [4.69, 9.17) is 4.52 Å². The van der Waals surface area contributed by atoms with Crippen LogP contribution in [-0.4, -0.2) is 15.2 Å². The Hall–Kier alpha value is -0.900. The Kier molecular flexibility index (Phi) is 1.87. The zero-order valence-corrected chi connectivity index (χ0v) is 7.95. The predicted molar refractivity (Wildman–Crippen MR) is 46.1 cm³/mol. The molecule has 2 rings (SSSR count). The second-order valence-electron chi connectivity index (χ2n) is 4.00. The molecule has 4 nitrogen and oxygen atoms in total. The Balaban J connectivity index is 2.22. The van der Waals surface area contributed by atoms with E-state index in [9.17, 15) is 5.11 Å². The van der Waals surface area contributed by atoms with Gasteiger partial charge in [-0.15, -0.1) is 0 Å². The molecule has 1 aliphatic carbocycles. The van der Waals surface area contributed by atoms with Crippen LogP contribution in [0, 0.1) is 0 Å². The summed E-state index contributed by atoms with van der Waals surface area (Å²) in [5.41, 5.74) is -0.795. The van der Waals surface area contributed by atoms with Gasteiger partial charge in [-0.3, -0.25) is 0 Å². The Morgan fingerprint density at radius 3 is 2.54 bits per heavy atom. The molecule has 0 amide bonds. The summed E-state index contributed by atoms with van der Waals surface area (Å²) in [5, 5.41) is 13.7. The molecule has 0 radical (unpaired) electrons. The van der Waals surface area contributed by atoms with Crippen molar-refractivity contribution >= 4 is 0 Å². The molecule has 0 bridgehead atoms. The van der Waals surface area contributed by atoms with Crippen molar-refractivity contribution in [1.82, 2.24) is 10.1 Å². The summed E-state index contributed by atoms with van der Waals surface area (Å²) in [6, 6.07) is 0. The molecule has 1 saturated carbocycles. The first kappa shape index (κ1) is 8.69. The third-order valence-electron chi connectivity index (χ3n) is 2.53. The van der Waals surface area contributed by atoms with E-state index < -0.39 is 5.60 Å². The molecule has 0 spiro atoms. The Bertz CT molecular complexity index is 302. The standard InChI is InChI=1S/C9H14N2O2/c1-6(2)7-10-8(11-13-7)9(12)4-3-5-9/h6,12H,3-5H2,1-2H3. The number of rotatable bonds is 2. The molecule has 1 N–H and O–H groups in total. The average molecular weight is 182 g/mol. The normalized spacial score (nSPS) is 20.3. The van der Waals surface area contributed by atoms with Crippen LogP contribution in [0.15, 0.2) is 4.52 Å². The van der Waals surface area contributed by atoms with Gasteiger partial charge in [0.25, 0.3) is 0 Å². The summed E-state index contributed by atoms with van der Waals surface area (Å²) in [7, 11) is 0. The summed E-state index contributed by atoms with van der Waals surface area (Å²) in [6.07, 6.45) is 2.55. The lowest BCUT2D eigenvalue weighted by molar-refractivity contribution is -0.0482. The summed E-state index contributed by atoms with van der Waals surface area (Å²) in [6.45, 7) is 3.98. The van der Waals surface area contributed by atoms with Crippen LogP contribution >= 0.6 is 0 Å². The molecule has 0 unspecified atom stereocenters. The number of nitrogens with zero attached hydrogens (tertiary/aromatic N) is 2. The topological polar surface area (TPSA) is 59.2 Å². The fourth-order valence-electron chi connectivity index (χ4n) is 1.39. The maximum Gasteiger partial charge on any atom is 0.229 e. The molecule has 0 aliphatic heterocycles. The van der Waals surface area contributed by atoms with Crippen LogP contribution in [0.2, 0.25) is 0 Å². The first-order chi connectivity index (χ1) is 6.12. The minimum atomic E-state index is -0.795. The zero-order chi connectivity index (χ0) is 9.47. The molecule has 0 atom stereocenters. The van der Waals surface area contributed by atoms with Gasteiger partial charge in [0.1, 0.15) is 5.60 Å². The van der Waals surface area contributed by atoms with Crippen molar-refractivity contribution in [2.24, 2.45) is 0 Å². The van der Waals surface area contributed by atoms with E-state index in [1.165, 1.54) is 0 Å². The number of hydrogen-bond acceptors (Lipinski definition) is 4. The SMILES string of the molecule is CC(C)c1nc(C2(O)CCC2)no1. The highest BCUT2D eigenvalue weighted by Gasteiger charge is 2.40. The van der Waals surface area contributed by atoms with E-state index in [1.54, 1.807) is 0 Å². The van der Waals surface area contributed by atoms with Gasteiger partial charge in [-0.1, -0.05) is 19.0 Å². The van der Waals surface area contributed by atoms with Gasteiger partial charge in [-0.25, -0.2) is 0 Å². The Morgan fingerprint density at radius 1 is 1.46 bits per heavy atom. The first-order valence-corrected chi connectivity index (χ1v) is 4.68. The van der Waals surface area contributed by atoms with Crippen LogP contribution in [0.25, 0.3) is 0 Å². The summed E-state index contributed by atoms with van der Waals surface area (Å²) < 4.78 is 5.03. The molecule has 1 fully saturated rings. The maximum absolute atomic E-state index is 9.89. The van der Waals surface area contributed by atoms with E-state index in [2.05, 4.69) is 10.1 Å². The Labute approximate surface area is 77.0 Å². The fourth-order valence-corrected chi connectivity index (χ4v) is 1.39. The smallest absolute Gasteiger partial charge is 0.229 e. The summed E-state index contributed by atoms with van der Waals surface area (Å²) in [4.78, 5) is 4.18. The zero-order valence-electron chi connectivity index (χ0n) is 7.95. The predicted octanol–water partition coefficient (Wildman–Crippen LogP) is 1.56. The largest absolute Gasteiger partial charge is 0.382 e. The van der Waals surface area contributed by atoms with Gasteiger partial charge >= 0.3 is 0 Å². The van der Waals surface area contributed by atoms with E-state index in [-0.39, 0.29) is 5.92 Å². The van der Waals surface area contributed by atoms with Gasteiger partial charge in [0.15, 0.2) is 0 Å². The van der Waals surface area contributed by atoms with Crippen molar-refractivity contribution in [2.45, 2.75) is 44.6 Å². The average Bonchev–Trinajstić information content (AvgIpc) is 2.48. The lowest BCUT2D eigenvalue weighted by Gasteiger charge is -2.32. The highest BCUT2D eigenvalue weighted by Crippen LogP contribution is 2.39. The maximum atomic E-state index is 9.89.